The molecule has 0 radical (unpaired) electrons. The average molecular weight is 289 g/mol. The average Bonchev–Trinajstić information content (AvgIpc) is 3.05. The molecule has 2 N–H and O–H groups in total. The summed E-state index contributed by atoms with van der Waals surface area (Å²) >= 11 is 0. The molecule has 0 aliphatic heterocycles. The smallest absolute Gasteiger partial charge is 0.258 e. The zero-order valence-corrected chi connectivity index (χ0v) is 11.4. The van der Waals surface area contributed by atoms with Gasteiger partial charge in [0.25, 0.3) is 5.56 Å². The third kappa shape index (κ3) is 1.98. The number of hydrogen-bond donors (Lipinski definition) is 2. The molecule has 0 bridgehead atoms. The molecule has 0 saturated heterocycles. The van der Waals surface area contributed by atoms with Crippen molar-refractivity contribution < 1.29 is 0 Å². The molecule has 0 aliphatic rings. The number of nitrogens with zero attached hydrogens (tertiary/aromatic N) is 3. The van der Waals surface area contributed by atoms with Crippen molar-refractivity contribution in [2.24, 2.45) is 0 Å². The molecule has 22 heavy (non-hydrogen) atoms. The largest absolute Gasteiger partial charge is 0.313 e. The van der Waals surface area contributed by atoms with E-state index in [-0.39, 0.29) is 5.56 Å². The number of hydrogen-bond acceptors (Lipinski definition) is 4. The maximum Gasteiger partial charge on any atom is 0.258 e. The molecule has 4 rings (SSSR count). The minimum atomic E-state index is -0.158. The van der Waals surface area contributed by atoms with Gasteiger partial charge >= 0.3 is 0 Å². The van der Waals surface area contributed by atoms with Crippen molar-refractivity contribution in [2.45, 2.75) is 0 Å². The van der Waals surface area contributed by atoms with Gasteiger partial charge in [0.1, 0.15) is 0 Å². The van der Waals surface area contributed by atoms with E-state index in [1.54, 1.807) is 12.4 Å². The van der Waals surface area contributed by atoms with Crippen LogP contribution in [0.5, 0.6) is 0 Å². The van der Waals surface area contributed by atoms with E-state index >= 15 is 0 Å². The lowest BCUT2D eigenvalue weighted by Gasteiger charge is -2.04. The lowest BCUT2D eigenvalue weighted by Crippen LogP contribution is -2.06. The van der Waals surface area contributed by atoms with E-state index in [4.69, 9.17) is 0 Å². The Morgan fingerprint density at radius 2 is 2.00 bits per heavy atom. The van der Waals surface area contributed by atoms with Crippen LogP contribution in [0, 0.1) is 0 Å². The Balaban J connectivity index is 1.92. The number of H-pyrrole nitrogens is 2. The molecule has 6 heteroatoms. The second-order valence-corrected chi connectivity index (χ2v) is 4.84. The first-order valence-corrected chi connectivity index (χ1v) is 6.75. The highest BCUT2D eigenvalue weighted by Gasteiger charge is 2.12. The van der Waals surface area contributed by atoms with Gasteiger partial charge in [0.05, 0.1) is 34.8 Å². The molecule has 0 amide bonds. The second kappa shape index (κ2) is 4.92. The first kappa shape index (κ1) is 12.5. The zero-order valence-electron chi connectivity index (χ0n) is 11.4. The molecule has 1 aromatic carbocycles. The van der Waals surface area contributed by atoms with E-state index in [2.05, 4.69) is 25.1 Å². The highest BCUT2D eigenvalue weighted by molar-refractivity contribution is 5.87. The van der Waals surface area contributed by atoms with Crippen LogP contribution in [0.15, 0.2) is 59.9 Å². The van der Waals surface area contributed by atoms with Gasteiger partial charge in [0, 0.05) is 11.8 Å². The van der Waals surface area contributed by atoms with Gasteiger partial charge in [-0.15, -0.1) is 0 Å². The van der Waals surface area contributed by atoms with Crippen LogP contribution < -0.4 is 5.56 Å². The molecule has 0 aliphatic carbocycles. The lowest BCUT2D eigenvalue weighted by molar-refractivity contribution is 1.09. The van der Waals surface area contributed by atoms with Gasteiger partial charge in [-0.25, -0.2) is 4.98 Å². The standard InChI is InChI=1S/C16H11N5O/c22-16-11-7-10(4-5-13(11)18-9-19-16)12-8-20-21-15(12)14-3-1-2-6-17-14/h1-9H,(H,20,21)(H,18,19,22). The summed E-state index contributed by atoms with van der Waals surface area (Å²) in [5, 5.41) is 7.63. The summed E-state index contributed by atoms with van der Waals surface area (Å²) in [6.07, 6.45) is 4.87. The monoisotopic (exact) mass is 289 g/mol. The third-order valence-corrected chi connectivity index (χ3v) is 3.51. The van der Waals surface area contributed by atoms with Crippen molar-refractivity contribution in [1.82, 2.24) is 25.1 Å². The second-order valence-electron chi connectivity index (χ2n) is 4.84. The van der Waals surface area contributed by atoms with E-state index in [1.807, 2.05) is 36.4 Å². The molecule has 6 nitrogen and oxygen atoms in total. The van der Waals surface area contributed by atoms with E-state index in [0.29, 0.717) is 10.9 Å². The third-order valence-electron chi connectivity index (χ3n) is 3.51. The van der Waals surface area contributed by atoms with Gasteiger partial charge in [-0.05, 0) is 29.8 Å². The molecule has 106 valence electrons. The molecule has 0 fully saturated rings. The predicted molar refractivity (Wildman–Crippen MR) is 83.2 cm³/mol. The van der Waals surface area contributed by atoms with Crippen molar-refractivity contribution in [1.29, 1.82) is 0 Å². The number of nitrogens with one attached hydrogen (secondary N) is 2. The summed E-state index contributed by atoms with van der Waals surface area (Å²) in [4.78, 5) is 23.0. The normalized spacial score (nSPS) is 10.9. The van der Waals surface area contributed by atoms with Gasteiger partial charge in [-0.1, -0.05) is 12.1 Å². The van der Waals surface area contributed by atoms with Crippen molar-refractivity contribution in [3.63, 3.8) is 0 Å². The number of pyridine rings is 1. The minimum Gasteiger partial charge on any atom is -0.313 e. The lowest BCUT2D eigenvalue weighted by atomic mass is 10.0. The van der Waals surface area contributed by atoms with Crippen LogP contribution in [0.2, 0.25) is 0 Å². The molecule has 3 heterocycles. The molecular weight excluding hydrogens is 278 g/mol. The van der Waals surface area contributed by atoms with Crippen LogP contribution in [0.4, 0.5) is 0 Å². The fourth-order valence-corrected chi connectivity index (χ4v) is 2.45. The van der Waals surface area contributed by atoms with E-state index < -0.39 is 0 Å². The van der Waals surface area contributed by atoms with Crippen LogP contribution >= 0.6 is 0 Å². The quantitative estimate of drug-likeness (QED) is 0.593. The van der Waals surface area contributed by atoms with Crippen molar-refractivity contribution in [3.8, 4) is 22.5 Å². The van der Waals surface area contributed by atoms with Crippen LogP contribution in [-0.2, 0) is 0 Å². The first-order chi connectivity index (χ1) is 10.8. The number of fused-ring (bicyclic) bond motifs is 1. The summed E-state index contributed by atoms with van der Waals surface area (Å²) in [6, 6.07) is 11.3. The van der Waals surface area contributed by atoms with Gasteiger partial charge < -0.3 is 4.98 Å². The molecule has 0 saturated carbocycles. The van der Waals surface area contributed by atoms with E-state index in [1.165, 1.54) is 6.33 Å². The molecule has 4 aromatic rings. The highest BCUT2D eigenvalue weighted by atomic mass is 16.1. The van der Waals surface area contributed by atoms with Crippen molar-refractivity contribution >= 4 is 10.9 Å². The summed E-state index contributed by atoms with van der Waals surface area (Å²) in [5.74, 6) is 0. The molecule has 3 aromatic heterocycles. The molecule has 0 atom stereocenters. The van der Waals surface area contributed by atoms with Crippen LogP contribution in [0.3, 0.4) is 0 Å². The Hall–Kier alpha value is -3.28. The predicted octanol–water partition coefficient (Wildman–Crippen LogP) is 2.38. The summed E-state index contributed by atoms with van der Waals surface area (Å²) in [6.45, 7) is 0. The summed E-state index contributed by atoms with van der Waals surface area (Å²) in [7, 11) is 0. The maximum atomic E-state index is 11.9. The van der Waals surface area contributed by atoms with Gasteiger partial charge in [0.2, 0.25) is 0 Å². The van der Waals surface area contributed by atoms with E-state index in [0.717, 1.165) is 22.5 Å². The number of aromatic nitrogens is 5. The molecule has 0 spiro atoms. The Bertz CT molecular complexity index is 1000. The Morgan fingerprint density at radius 3 is 2.86 bits per heavy atom. The number of benzene rings is 1. The highest BCUT2D eigenvalue weighted by Crippen LogP contribution is 2.29. The maximum absolute atomic E-state index is 11.9. The van der Waals surface area contributed by atoms with E-state index in [9.17, 15) is 4.79 Å². The topological polar surface area (TPSA) is 87.3 Å². The van der Waals surface area contributed by atoms with Gasteiger partial charge in [-0.3, -0.25) is 14.9 Å². The zero-order chi connectivity index (χ0) is 14.9. The Labute approximate surface area is 124 Å². The first-order valence-electron chi connectivity index (χ1n) is 6.75. The van der Waals surface area contributed by atoms with Crippen LogP contribution in [0.25, 0.3) is 33.4 Å². The fourth-order valence-electron chi connectivity index (χ4n) is 2.45. The van der Waals surface area contributed by atoms with Gasteiger partial charge in [-0.2, -0.15) is 5.10 Å². The number of rotatable bonds is 2. The van der Waals surface area contributed by atoms with Crippen molar-refractivity contribution in [3.05, 3.63) is 65.5 Å². The summed E-state index contributed by atoms with van der Waals surface area (Å²) in [5.41, 5.74) is 3.91. The summed E-state index contributed by atoms with van der Waals surface area (Å²) < 4.78 is 0. The van der Waals surface area contributed by atoms with Crippen LogP contribution in [0.1, 0.15) is 0 Å². The number of aromatic amines is 2. The Morgan fingerprint density at radius 1 is 1.05 bits per heavy atom. The van der Waals surface area contributed by atoms with Crippen molar-refractivity contribution in [2.75, 3.05) is 0 Å². The molecule has 0 unspecified atom stereocenters. The minimum absolute atomic E-state index is 0.158. The van der Waals surface area contributed by atoms with Gasteiger partial charge in [0.15, 0.2) is 0 Å². The Kier molecular flexibility index (Phi) is 2.79. The van der Waals surface area contributed by atoms with Crippen LogP contribution in [-0.4, -0.2) is 25.1 Å². The SMILES string of the molecule is O=c1[nH]cnc2ccc(-c3cn[nH]c3-c3ccccn3)cc12. The molecular formula is C16H11N5O. The fraction of sp³-hybridized carbons (Fsp3) is 0.